The van der Waals surface area contributed by atoms with E-state index >= 15 is 0 Å². The molecule has 1 aromatic rings. The zero-order valence-corrected chi connectivity index (χ0v) is 28.1. The van der Waals surface area contributed by atoms with Crippen LogP contribution in [-0.2, 0) is 9.59 Å². The summed E-state index contributed by atoms with van der Waals surface area (Å²) in [5.74, 6) is -0.136. The van der Waals surface area contributed by atoms with E-state index < -0.39 is 10.8 Å². The smallest absolute Gasteiger partial charge is 0.261 e. The second kappa shape index (κ2) is 9.26. The van der Waals surface area contributed by atoms with Gasteiger partial charge in [-0.2, -0.15) is 5.26 Å². The summed E-state index contributed by atoms with van der Waals surface area (Å²) in [6.45, 7) is 16.0. The molecule has 4 fully saturated rings. The number of Topliss-reactive ketones (excluding diaryl/α,β-unsaturated/α-hetero) is 2. The van der Waals surface area contributed by atoms with Gasteiger partial charge >= 0.3 is 0 Å². The van der Waals surface area contributed by atoms with Crippen LogP contribution in [0.2, 0.25) is 0 Å². The largest absolute Gasteiger partial charge is 0.299 e. The zero-order valence-electron chi connectivity index (χ0n) is 28.1. The number of carbonyl (C=O) groups excluding carboxylic acids is 4. The highest BCUT2D eigenvalue weighted by Crippen LogP contribution is 2.76. The average molecular weight is 609 g/mol. The minimum absolute atomic E-state index is 0.0357. The highest BCUT2D eigenvalue weighted by Gasteiger charge is 2.72. The second-order valence-electron chi connectivity index (χ2n) is 17.8. The summed E-state index contributed by atoms with van der Waals surface area (Å²) < 4.78 is 0. The summed E-state index contributed by atoms with van der Waals surface area (Å²) in [6.07, 6.45) is 8.82. The van der Waals surface area contributed by atoms with Gasteiger partial charge in [0.15, 0.2) is 5.78 Å². The molecule has 4 saturated carbocycles. The number of ketones is 2. The van der Waals surface area contributed by atoms with Crippen molar-refractivity contribution >= 4 is 23.4 Å². The number of hydrogen-bond acceptors (Lipinski definition) is 5. The molecule has 0 aromatic heterocycles. The number of allylic oxidation sites excluding steroid dienone is 2. The van der Waals surface area contributed by atoms with Crippen molar-refractivity contribution in [1.29, 1.82) is 5.26 Å². The molecule has 7 rings (SSSR count). The van der Waals surface area contributed by atoms with Gasteiger partial charge in [-0.05, 0) is 102 Å². The molecule has 238 valence electrons. The maximum absolute atomic E-state index is 14.9. The Morgan fingerprint density at radius 3 is 2.07 bits per heavy atom. The molecule has 6 nitrogen and oxygen atoms in total. The van der Waals surface area contributed by atoms with E-state index in [9.17, 15) is 24.4 Å². The first-order valence-electron chi connectivity index (χ1n) is 17.1. The van der Waals surface area contributed by atoms with Crippen LogP contribution in [0.15, 0.2) is 35.9 Å². The first-order chi connectivity index (χ1) is 21.0. The summed E-state index contributed by atoms with van der Waals surface area (Å²) in [6, 6.07) is 9.35. The van der Waals surface area contributed by atoms with E-state index in [4.69, 9.17) is 0 Å². The van der Waals surface area contributed by atoms with Gasteiger partial charge in [-0.25, -0.2) is 0 Å². The second-order valence-corrected chi connectivity index (χ2v) is 17.8. The molecule has 0 radical (unpaired) electrons. The Morgan fingerprint density at radius 2 is 1.44 bits per heavy atom. The molecule has 45 heavy (non-hydrogen) atoms. The lowest BCUT2D eigenvalue weighted by Gasteiger charge is -2.72. The highest BCUT2D eigenvalue weighted by molar-refractivity contribution is 6.21. The van der Waals surface area contributed by atoms with Gasteiger partial charge in [-0.1, -0.05) is 66.7 Å². The van der Waals surface area contributed by atoms with Crippen molar-refractivity contribution in [1.82, 2.24) is 4.90 Å². The Kier molecular flexibility index (Phi) is 6.29. The summed E-state index contributed by atoms with van der Waals surface area (Å²) in [5.41, 5.74) is -0.517. The maximum atomic E-state index is 14.9. The molecule has 0 saturated heterocycles. The number of fused-ring (bicyclic) bond motifs is 8. The molecule has 1 aromatic carbocycles. The van der Waals surface area contributed by atoms with Crippen molar-refractivity contribution in [2.45, 2.75) is 99.8 Å². The van der Waals surface area contributed by atoms with E-state index in [-0.39, 0.29) is 68.5 Å². The molecule has 0 spiro atoms. The lowest BCUT2D eigenvalue weighted by atomic mass is 9.31. The molecule has 1 unspecified atom stereocenters. The predicted octanol–water partition coefficient (Wildman–Crippen LogP) is 7.58. The number of rotatable bonds is 2. The average Bonchev–Trinajstić information content (AvgIpc) is 3.21. The third kappa shape index (κ3) is 3.79. The third-order valence-electron chi connectivity index (χ3n) is 15.0. The van der Waals surface area contributed by atoms with Gasteiger partial charge in [0.25, 0.3) is 11.8 Å². The third-order valence-corrected chi connectivity index (χ3v) is 15.0. The molecule has 6 aliphatic rings. The normalized spacial score (nSPS) is 42.9. The van der Waals surface area contributed by atoms with Crippen LogP contribution in [0, 0.1) is 67.5 Å². The number of hydrogen-bond donors (Lipinski definition) is 0. The number of benzene rings is 1. The molecule has 8 atom stereocenters. The first-order valence-corrected chi connectivity index (χ1v) is 17.1. The minimum Gasteiger partial charge on any atom is -0.299 e. The van der Waals surface area contributed by atoms with Gasteiger partial charge in [-0.15, -0.1) is 0 Å². The Hall–Kier alpha value is -3.07. The maximum Gasteiger partial charge on any atom is 0.261 e. The summed E-state index contributed by atoms with van der Waals surface area (Å²) in [4.78, 5) is 57.0. The van der Waals surface area contributed by atoms with Crippen LogP contribution in [0.1, 0.15) is 121 Å². The predicted molar refractivity (Wildman–Crippen MR) is 171 cm³/mol. The Bertz CT molecular complexity index is 1590. The van der Waals surface area contributed by atoms with E-state index in [0.29, 0.717) is 29.9 Å². The van der Waals surface area contributed by atoms with Crippen LogP contribution < -0.4 is 0 Å². The topological polar surface area (TPSA) is 95.3 Å². The van der Waals surface area contributed by atoms with Gasteiger partial charge in [0, 0.05) is 24.3 Å². The van der Waals surface area contributed by atoms with Gasteiger partial charge in [0.2, 0.25) is 0 Å². The molecule has 1 aliphatic heterocycles. The van der Waals surface area contributed by atoms with Crippen molar-refractivity contribution in [2.75, 3.05) is 6.54 Å². The summed E-state index contributed by atoms with van der Waals surface area (Å²) in [5, 5.41) is 10.0. The standard InChI is InChI=1S/C39H48N2O4/c1-34(2)14-16-39(22-41-32(44)24-10-8-9-11-25(24)33(41)45)17-15-38(7)30(26(39)20-34)27(42)18-29-36(5)19-23(21-40)31(43)35(3,4)28(36)12-13-37(29,38)6/h8-11,19,26,28-30H,12-18,20,22H2,1-7H3/t26-,28+,29-,30?,36+,37-,38-,39-/m1/s1. The fourth-order valence-electron chi connectivity index (χ4n) is 12.4. The fourth-order valence-corrected chi connectivity index (χ4v) is 12.4. The summed E-state index contributed by atoms with van der Waals surface area (Å²) in [7, 11) is 0. The van der Waals surface area contributed by atoms with Crippen LogP contribution in [0.25, 0.3) is 0 Å². The molecule has 0 bridgehead atoms. The zero-order chi connectivity index (χ0) is 32.5. The lowest BCUT2D eigenvalue weighted by molar-refractivity contribution is -0.223. The van der Waals surface area contributed by atoms with E-state index in [1.54, 1.807) is 12.1 Å². The minimum atomic E-state index is -0.655. The number of carbonyl (C=O) groups is 4. The van der Waals surface area contributed by atoms with Gasteiger partial charge < -0.3 is 0 Å². The molecular weight excluding hydrogens is 560 g/mol. The lowest BCUT2D eigenvalue weighted by Crippen LogP contribution is -2.69. The van der Waals surface area contributed by atoms with Crippen LogP contribution in [0.5, 0.6) is 0 Å². The number of imide groups is 1. The van der Waals surface area contributed by atoms with E-state index in [1.807, 2.05) is 32.1 Å². The van der Waals surface area contributed by atoms with Crippen LogP contribution >= 0.6 is 0 Å². The van der Waals surface area contributed by atoms with E-state index in [2.05, 4.69) is 40.7 Å². The van der Waals surface area contributed by atoms with Gasteiger partial charge in [-0.3, -0.25) is 24.1 Å². The van der Waals surface area contributed by atoms with Gasteiger partial charge in [0.1, 0.15) is 11.9 Å². The molecule has 0 N–H and O–H groups in total. The Morgan fingerprint density at radius 1 is 0.822 bits per heavy atom. The first kappa shape index (κ1) is 30.6. The number of nitriles is 1. The van der Waals surface area contributed by atoms with Crippen molar-refractivity contribution in [3.8, 4) is 6.07 Å². The molecule has 6 heteroatoms. The Labute approximate surface area is 268 Å². The molecule has 5 aliphatic carbocycles. The van der Waals surface area contributed by atoms with Crippen molar-refractivity contribution < 1.29 is 19.2 Å². The van der Waals surface area contributed by atoms with Crippen LogP contribution in [-0.4, -0.2) is 34.8 Å². The van der Waals surface area contributed by atoms with Crippen molar-refractivity contribution in [3.63, 3.8) is 0 Å². The number of nitrogens with zero attached hydrogens (tertiary/aromatic N) is 2. The Balaban J connectivity index is 1.30. The van der Waals surface area contributed by atoms with Crippen molar-refractivity contribution in [3.05, 3.63) is 47.0 Å². The fraction of sp³-hybridized carbons (Fsp3) is 0.667. The van der Waals surface area contributed by atoms with E-state index in [1.165, 1.54) is 4.90 Å². The monoisotopic (exact) mass is 608 g/mol. The quantitative estimate of drug-likeness (QED) is 0.323. The van der Waals surface area contributed by atoms with E-state index in [0.717, 1.165) is 44.9 Å². The van der Waals surface area contributed by atoms with Crippen LogP contribution in [0.3, 0.4) is 0 Å². The number of amides is 2. The molecule has 1 heterocycles. The SMILES string of the molecule is CC1(C)CC[C@]2(CN3C(=O)c4ccccc4C3=O)CC[C@]3(C)C(C(=O)C[C@@H]4[C@@]5(C)C=C(C#N)C(=O)C(C)(C)[C@@H]5CC[C@]43C)[C@H]2C1. The van der Waals surface area contributed by atoms with Crippen LogP contribution in [0.4, 0.5) is 0 Å². The van der Waals surface area contributed by atoms with Gasteiger partial charge in [0.05, 0.1) is 16.7 Å². The van der Waals surface area contributed by atoms with Crippen molar-refractivity contribution in [2.24, 2.45) is 56.2 Å². The highest BCUT2D eigenvalue weighted by atomic mass is 16.2. The summed E-state index contributed by atoms with van der Waals surface area (Å²) >= 11 is 0. The molecule has 2 amide bonds. The molecular formula is C39H48N2O4.